The third kappa shape index (κ3) is 3.96. The van der Waals surface area contributed by atoms with Gasteiger partial charge in [0.05, 0.1) is 10.5 Å². The van der Waals surface area contributed by atoms with Gasteiger partial charge in [-0.05, 0) is 42.5 Å². The van der Waals surface area contributed by atoms with Crippen molar-refractivity contribution in [3.63, 3.8) is 0 Å². The molecule has 0 aliphatic carbocycles. The molecule has 21 heavy (non-hydrogen) atoms. The fourth-order valence-corrected chi connectivity index (χ4v) is 2.08. The van der Waals surface area contributed by atoms with Crippen LogP contribution >= 0.6 is 0 Å². The van der Waals surface area contributed by atoms with Gasteiger partial charge in [-0.15, -0.1) is 0 Å². The fraction of sp³-hybridized carbons (Fsp3) is 0.0769. The molecule has 2 aromatic rings. The third-order valence-electron chi connectivity index (χ3n) is 2.55. The topological polar surface area (TPSA) is 69.4 Å². The average Bonchev–Trinajstić information content (AvgIpc) is 2.37. The highest BCUT2D eigenvalue weighted by Gasteiger charge is 2.30. The lowest BCUT2D eigenvalue weighted by atomic mass is 10.2. The Kier molecular flexibility index (Phi) is 3.93. The van der Waals surface area contributed by atoms with Gasteiger partial charge in [0.15, 0.2) is 0 Å². The third-order valence-corrected chi connectivity index (χ3v) is 3.48. The molecule has 0 atom stereocenters. The molecule has 0 spiro atoms. The summed E-state index contributed by atoms with van der Waals surface area (Å²) < 4.78 is 65.0. The van der Waals surface area contributed by atoms with Crippen molar-refractivity contribution in [2.24, 2.45) is 5.14 Å². The highest BCUT2D eigenvalue weighted by Crippen LogP contribution is 2.32. The van der Waals surface area contributed by atoms with Crippen LogP contribution in [0.15, 0.2) is 53.4 Å². The van der Waals surface area contributed by atoms with Crippen LogP contribution < -0.4 is 9.88 Å². The van der Waals surface area contributed by atoms with Gasteiger partial charge >= 0.3 is 6.18 Å². The highest BCUT2D eigenvalue weighted by atomic mass is 32.2. The average molecular weight is 317 g/mol. The maximum atomic E-state index is 12.6. The van der Waals surface area contributed by atoms with Gasteiger partial charge in [0.25, 0.3) is 0 Å². The van der Waals surface area contributed by atoms with Crippen molar-refractivity contribution in [1.29, 1.82) is 0 Å². The molecule has 2 N–H and O–H groups in total. The van der Waals surface area contributed by atoms with E-state index in [9.17, 15) is 21.6 Å². The summed E-state index contributed by atoms with van der Waals surface area (Å²) in [5.41, 5.74) is -0.832. The molecule has 2 rings (SSSR count). The van der Waals surface area contributed by atoms with Crippen molar-refractivity contribution in [3.8, 4) is 11.5 Å². The molecule has 0 saturated heterocycles. The Morgan fingerprint density at radius 3 is 2.10 bits per heavy atom. The van der Waals surface area contributed by atoms with Crippen LogP contribution in [0.4, 0.5) is 13.2 Å². The molecule has 0 saturated carbocycles. The molecule has 0 aliphatic rings. The second kappa shape index (κ2) is 5.38. The summed E-state index contributed by atoms with van der Waals surface area (Å²) in [6.45, 7) is 0. The molecule has 4 nitrogen and oxygen atoms in total. The Morgan fingerprint density at radius 2 is 1.57 bits per heavy atom. The zero-order chi connectivity index (χ0) is 15.7. The minimum atomic E-state index is -4.46. The summed E-state index contributed by atoms with van der Waals surface area (Å²) in [5, 5.41) is 4.93. The van der Waals surface area contributed by atoms with Crippen molar-refractivity contribution in [1.82, 2.24) is 0 Å². The van der Waals surface area contributed by atoms with E-state index in [1.54, 1.807) is 0 Å². The summed E-state index contributed by atoms with van der Waals surface area (Å²) in [5.74, 6) is 0.190. The Hall–Kier alpha value is -2.06. The number of primary sulfonamides is 1. The van der Waals surface area contributed by atoms with E-state index in [-0.39, 0.29) is 16.4 Å². The quantitative estimate of drug-likeness (QED) is 0.945. The van der Waals surface area contributed by atoms with E-state index in [0.29, 0.717) is 0 Å². The predicted octanol–water partition coefficient (Wildman–Crippen LogP) is 3.15. The number of benzene rings is 2. The van der Waals surface area contributed by atoms with E-state index in [1.165, 1.54) is 36.4 Å². The van der Waals surface area contributed by atoms with E-state index in [2.05, 4.69) is 0 Å². The standard InChI is InChI=1S/C13H10F3NO3S/c14-13(15,16)9-2-1-3-11(8-9)20-10-4-6-12(7-5-10)21(17,18)19/h1-8H,(H2,17,18,19). The number of alkyl halides is 3. The molecule has 0 aliphatic heterocycles. The predicted molar refractivity (Wildman–Crippen MR) is 69.3 cm³/mol. The monoisotopic (exact) mass is 317 g/mol. The Balaban J connectivity index is 2.23. The summed E-state index contributed by atoms with van der Waals surface area (Å²) in [4.78, 5) is -0.112. The summed E-state index contributed by atoms with van der Waals surface area (Å²) in [7, 11) is -3.82. The first kappa shape index (κ1) is 15.3. The fourth-order valence-electron chi connectivity index (χ4n) is 1.57. The van der Waals surface area contributed by atoms with Crippen LogP contribution in [-0.4, -0.2) is 8.42 Å². The second-order valence-electron chi connectivity index (χ2n) is 4.14. The largest absolute Gasteiger partial charge is 0.457 e. The number of nitrogens with two attached hydrogens (primary N) is 1. The van der Waals surface area contributed by atoms with Crippen LogP contribution in [0.1, 0.15) is 5.56 Å². The van der Waals surface area contributed by atoms with Gasteiger partial charge in [0.1, 0.15) is 11.5 Å². The van der Waals surface area contributed by atoms with Crippen LogP contribution in [0.25, 0.3) is 0 Å². The molecule has 0 amide bonds. The number of halogens is 3. The van der Waals surface area contributed by atoms with E-state index >= 15 is 0 Å². The minimum Gasteiger partial charge on any atom is -0.457 e. The van der Waals surface area contributed by atoms with Gasteiger partial charge in [-0.25, -0.2) is 13.6 Å². The lowest BCUT2D eigenvalue weighted by Crippen LogP contribution is -2.11. The van der Waals surface area contributed by atoms with Crippen LogP contribution in [0.3, 0.4) is 0 Å². The lowest BCUT2D eigenvalue weighted by Gasteiger charge is -2.10. The van der Waals surface area contributed by atoms with E-state index in [4.69, 9.17) is 9.88 Å². The molecule has 0 unspecified atom stereocenters. The molecule has 0 heterocycles. The van der Waals surface area contributed by atoms with Crippen LogP contribution in [0.2, 0.25) is 0 Å². The van der Waals surface area contributed by atoms with Crippen LogP contribution in [0, 0.1) is 0 Å². The zero-order valence-corrected chi connectivity index (χ0v) is 11.3. The number of hydrogen-bond acceptors (Lipinski definition) is 3. The van der Waals surface area contributed by atoms with Gasteiger partial charge in [-0.1, -0.05) is 6.07 Å². The first-order valence-electron chi connectivity index (χ1n) is 5.64. The smallest absolute Gasteiger partial charge is 0.416 e. The normalized spacial score (nSPS) is 12.2. The van der Waals surface area contributed by atoms with Crippen molar-refractivity contribution in [2.45, 2.75) is 11.1 Å². The van der Waals surface area contributed by atoms with E-state index < -0.39 is 21.8 Å². The Morgan fingerprint density at radius 1 is 0.952 bits per heavy atom. The first-order valence-corrected chi connectivity index (χ1v) is 7.19. The van der Waals surface area contributed by atoms with Crippen LogP contribution in [-0.2, 0) is 16.2 Å². The summed E-state index contributed by atoms with van der Waals surface area (Å²) in [6.07, 6.45) is -4.46. The minimum absolute atomic E-state index is 0.00631. The maximum absolute atomic E-state index is 12.6. The van der Waals surface area contributed by atoms with E-state index in [0.717, 1.165) is 12.1 Å². The van der Waals surface area contributed by atoms with Crippen molar-refractivity contribution < 1.29 is 26.3 Å². The van der Waals surface area contributed by atoms with Crippen molar-refractivity contribution in [2.75, 3.05) is 0 Å². The molecule has 0 bridgehead atoms. The Labute approximate surface area is 119 Å². The van der Waals surface area contributed by atoms with Gasteiger partial charge in [0.2, 0.25) is 10.0 Å². The molecule has 0 aromatic heterocycles. The SMILES string of the molecule is NS(=O)(=O)c1ccc(Oc2cccc(C(F)(F)F)c2)cc1. The summed E-state index contributed by atoms with van der Waals surface area (Å²) in [6, 6.07) is 9.39. The first-order chi connectivity index (χ1) is 9.66. The molecular weight excluding hydrogens is 307 g/mol. The summed E-state index contributed by atoms with van der Waals surface area (Å²) >= 11 is 0. The maximum Gasteiger partial charge on any atom is 0.416 e. The molecular formula is C13H10F3NO3S. The number of ether oxygens (including phenoxy) is 1. The van der Waals surface area contributed by atoms with Crippen molar-refractivity contribution >= 4 is 10.0 Å². The van der Waals surface area contributed by atoms with Gasteiger partial charge < -0.3 is 4.74 Å². The molecule has 0 radical (unpaired) electrons. The number of hydrogen-bond donors (Lipinski definition) is 1. The van der Waals surface area contributed by atoms with Crippen LogP contribution in [0.5, 0.6) is 11.5 Å². The van der Waals surface area contributed by atoms with E-state index in [1.807, 2.05) is 0 Å². The highest BCUT2D eigenvalue weighted by molar-refractivity contribution is 7.89. The van der Waals surface area contributed by atoms with Crippen molar-refractivity contribution in [3.05, 3.63) is 54.1 Å². The van der Waals surface area contributed by atoms with Gasteiger partial charge in [-0.3, -0.25) is 0 Å². The van der Waals surface area contributed by atoms with Gasteiger partial charge in [0, 0.05) is 0 Å². The number of sulfonamides is 1. The molecule has 8 heteroatoms. The lowest BCUT2D eigenvalue weighted by molar-refractivity contribution is -0.137. The zero-order valence-electron chi connectivity index (χ0n) is 10.5. The number of rotatable bonds is 3. The Bertz CT molecular complexity index is 740. The molecule has 0 fully saturated rings. The second-order valence-corrected chi connectivity index (χ2v) is 5.71. The molecule has 2 aromatic carbocycles. The van der Waals surface area contributed by atoms with Gasteiger partial charge in [-0.2, -0.15) is 13.2 Å². The molecule has 112 valence electrons.